The summed E-state index contributed by atoms with van der Waals surface area (Å²) in [4.78, 5) is 12.1. The fourth-order valence-electron chi connectivity index (χ4n) is 2.06. The molecule has 0 radical (unpaired) electrons. The maximum Gasteiger partial charge on any atom is 0.407 e. The van der Waals surface area contributed by atoms with Gasteiger partial charge in [-0.05, 0) is 29.2 Å². The van der Waals surface area contributed by atoms with Crippen molar-refractivity contribution in [2.24, 2.45) is 0 Å². The molecule has 1 heterocycles. The van der Waals surface area contributed by atoms with Crippen molar-refractivity contribution in [3.05, 3.63) is 29.1 Å². The third kappa shape index (κ3) is 1.68. The Morgan fingerprint density at radius 1 is 1.56 bits per heavy atom. The van der Waals surface area contributed by atoms with Crippen LogP contribution in [0.5, 0.6) is 5.75 Å². The van der Waals surface area contributed by atoms with Gasteiger partial charge in [0.05, 0.1) is 0 Å². The van der Waals surface area contributed by atoms with Crippen LogP contribution in [0.2, 0.25) is 0 Å². The highest BCUT2D eigenvalue weighted by atomic mass is 19.1. The summed E-state index contributed by atoms with van der Waals surface area (Å²) in [5.74, 6) is -1.15. The van der Waals surface area contributed by atoms with Crippen molar-refractivity contribution < 1.29 is 19.4 Å². The second kappa shape index (κ2) is 3.66. The number of hydrogen-bond acceptors (Lipinski definition) is 2. The zero-order chi connectivity index (χ0) is 11.9. The van der Waals surface area contributed by atoms with Gasteiger partial charge in [-0.15, -0.1) is 0 Å². The van der Waals surface area contributed by atoms with Crippen LogP contribution in [-0.4, -0.2) is 27.8 Å². The van der Waals surface area contributed by atoms with E-state index in [9.17, 15) is 14.3 Å². The summed E-state index contributed by atoms with van der Waals surface area (Å²) in [6, 6.07) is 2.59. The molecule has 1 amide bonds. The molecule has 0 bridgehead atoms. The summed E-state index contributed by atoms with van der Waals surface area (Å²) in [7, 11) is 0. The Kier molecular flexibility index (Phi) is 2.46. The number of hydrogen-bond donors (Lipinski definition) is 2. The number of fused-ring (bicyclic) bond motifs is 1. The molecule has 0 aliphatic carbocycles. The molecule has 1 aromatic rings. The summed E-state index contributed by atoms with van der Waals surface area (Å²) >= 11 is 0. The predicted octanol–water partition coefficient (Wildman–Crippen LogP) is 2.13. The first kappa shape index (κ1) is 10.7. The third-order valence-corrected chi connectivity index (χ3v) is 2.87. The zero-order valence-electron chi connectivity index (χ0n) is 8.77. The Hall–Kier alpha value is -1.78. The number of carbonyl (C=O) groups is 1. The average Bonchev–Trinajstić information content (AvgIpc) is 2.20. The molecule has 1 aliphatic rings. The summed E-state index contributed by atoms with van der Waals surface area (Å²) in [6.45, 7) is 2.39. The maximum absolute atomic E-state index is 13.2. The summed E-state index contributed by atoms with van der Waals surface area (Å²) in [5, 5.41) is 18.1. The summed E-state index contributed by atoms with van der Waals surface area (Å²) in [5.41, 5.74) is 1.44. The van der Waals surface area contributed by atoms with Gasteiger partial charge in [0, 0.05) is 13.1 Å². The lowest BCUT2D eigenvalue weighted by molar-refractivity contribution is 0.135. The minimum Gasteiger partial charge on any atom is -0.505 e. The number of nitrogens with zero attached hydrogens (tertiary/aromatic N) is 1. The van der Waals surface area contributed by atoms with Gasteiger partial charge in [0.2, 0.25) is 0 Å². The summed E-state index contributed by atoms with van der Waals surface area (Å²) < 4.78 is 13.2. The molecule has 1 aromatic carbocycles. The molecule has 1 atom stereocenters. The molecular weight excluding hydrogens is 213 g/mol. The standard InChI is InChI=1S/C11H12FNO3/c1-6-4-13(11(15)16)5-7-2-10(14)9(12)3-8(6)7/h2-3,6,14H,4-5H2,1H3,(H,15,16). The maximum atomic E-state index is 13.2. The number of halogens is 1. The van der Waals surface area contributed by atoms with E-state index in [1.54, 1.807) is 0 Å². The molecule has 4 nitrogen and oxygen atoms in total. The van der Waals surface area contributed by atoms with Gasteiger partial charge in [0.1, 0.15) is 0 Å². The van der Waals surface area contributed by atoms with Crippen LogP contribution in [0.4, 0.5) is 9.18 Å². The number of phenolic OH excluding ortho intramolecular Hbond substituents is 1. The van der Waals surface area contributed by atoms with E-state index in [1.807, 2.05) is 6.92 Å². The Bertz CT molecular complexity index is 447. The number of phenols is 1. The van der Waals surface area contributed by atoms with E-state index >= 15 is 0 Å². The van der Waals surface area contributed by atoms with Gasteiger partial charge >= 0.3 is 6.09 Å². The fourth-order valence-corrected chi connectivity index (χ4v) is 2.06. The number of amides is 1. The van der Waals surface area contributed by atoms with Gasteiger partial charge in [-0.1, -0.05) is 6.92 Å². The molecule has 1 unspecified atom stereocenters. The highest BCUT2D eigenvalue weighted by Gasteiger charge is 2.26. The van der Waals surface area contributed by atoms with Gasteiger partial charge in [0.15, 0.2) is 11.6 Å². The van der Waals surface area contributed by atoms with Crippen molar-refractivity contribution >= 4 is 6.09 Å². The first-order valence-corrected chi connectivity index (χ1v) is 4.98. The van der Waals surface area contributed by atoms with Gasteiger partial charge < -0.3 is 15.1 Å². The monoisotopic (exact) mass is 225 g/mol. The molecule has 0 fully saturated rings. The van der Waals surface area contributed by atoms with E-state index in [1.165, 1.54) is 17.0 Å². The van der Waals surface area contributed by atoms with Crippen LogP contribution in [0.1, 0.15) is 24.0 Å². The van der Waals surface area contributed by atoms with E-state index in [2.05, 4.69) is 0 Å². The quantitative estimate of drug-likeness (QED) is 0.711. The number of benzene rings is 1. The third-order valence-electron chi connectivity index (χ3n) is 2.87. The topological polar surface area (TPSA) is 60.8 Å². The largest absolute Gasteiger partial charge is 0.505 e. The molecule has 0 saturated carbocycles. The predicted molar refractivity (Wildman–Crippen MR) is 54.9 cm³/mol. The van der Waals surface area contributed by atoms with Gasteiger partial charge in [-0.3, -0.25) is 0 Å². The molecule has 2 N–H and O–H groups in total. The van der Waals surface area contributed by atoms with Crippen LogP contribution < -0.4 is 0 Å². The zero-order valence-corrected chi connectivity index (χ0v) is 8.77. The lowest BCUT2D eigenvalue weighted by atomic mass is 9.91. The molecule has 5 heteroatoms. The number of rotatable bonds is 0. The number of carboxylic acid groups (broad SMARTS) is 1. The Labute approximate surface area is 91.9 Å². The van der Waals surface area contributed by atoms with E-state index in [4.69, 9.17) is 5.11 Å². The van der Waals surface area contributed by atoms with Crippen molar-refractivity contribution in [3.8, 4) is 5.75 Å². The van der Waals surface area contributed by atoms with Crippen molar-refractivity contribution in [2.75, 3.05) is 6.54 Å². The first-order valence-electron chi connectivity index (χ1n) is 4.98. The van der Waals surface area contributed by atoms with Crippen LogP contribution in [0.3, 0.4) is 0 Å². The van der Waals surface area contributed by atoms with Gasteiger partial charge in [-0.2, -0.15) is 0 Å². The second-order valence-corrected chi connectivity index (χ2v) is 4.07. The molecule has 1 aliphatic heterocycles. The smallest absolute Gasteiger partial charge is 0.407 e. The fraction of sp³-hybridized carbons (Fsp3) is 0.364. The Morgan fingerprint density at radius 2 is 2.25 bits per heavy atom. The second-order valence-electron chi connectivity index (χ2n) is 4.07. The molecule has 0 saturated heterocycles. The number of aromatic hydroxyl groups is 1. The molecular formula is C11H12FNO3. The Balaban J connectivity index is 2.42. The lowest BCUT2D eigenvalue weighted by Crippen LogP contribution is -2.36. The van der Waals surface area contributed by atoms with Gasteiger partial charge in [0.25, 0.3) is 0 Å². The van der Waals surface area contributed by atoms with Crippen molar-refractivity contribution in [1.82, 2.24) is 4.90 Å². The van der Waals surface area contributed by atoms with E-state index < -0.39 is 17.7 Å². The van der Waals surface area contributed by atoms with Crippen molar-refractivity contribution in [1.29, 1.82) is 0 Å². The van der Waals surface area contributed by atoms with Crippen LogP contribution in [0.25, 0.3) is 0 Å². The van der Waals surface area contributed by atoms with Crippen LogP contribution in [-0.2, 0) is 6.54 Å². The molecule has 0 spiro atoms. The highest BCUT2D eigenvalue weighted by Crippen LogP contribution is 2.32. The molecule has 16 heavy (non-hydrogen) atoms. The Morgan fingerprint density at radius 3 is 2.88 bits per heavy atom. The minimum atomic E-state index is -0.999. The average molecular weight is 225 g/mol. The SMILES string of the molecule is CC1CN(C(=O)O)Cc2cc(O)c(F)cc21. The van der Waals surface area contributed by atoms with Crippen molar-refractivity contribution in [2.45, 2.75) is 19.4 Å². The van der Waals surface area contributed by atoms with E-state index in [-0.39, 0.29) is 12.5 Å². The normalized spacial score (nSPS) is 19.4. The van der Waals surface area contributed by atoms with Crippen LogP contribution in [0.15, 0.2) is 12.1 Å². The van der Waals surface area contributed by atoms with Crippen molar-refractivity contribution in [3.63, 3.8) is 0 Å². The van der Waals surface area contributed by atoms with Crippen LogP contribution >= 0.6 is 0 Å². The van der Waals surface area contributed by atoms with Crippen LogP contribution in [0, 0.1) is 5.82 Å². The molecule has 0 aromatic heterocycles. The van der Waals surface area contributed by atoms with E-state index in [0.717, 1.165) is 5.56 Å². The van der Waals surface area contributed by atoms with Gasteiger partial charge in [-0.25, -0.2) is 9.18 Å². The molecule has 2 rings (SSSR count). The minimum absolute atomic E-state index is 0.0602. The van der Waals surface area contributed by atoms with E-state index in [0.29, 0.717) is 12.1 Å². The summed E-state index contributed by atoms with van der Waals surface area (Å²) in [6.07, 6.45) is -0.999. The molecule has 86 valence electrons. The highest BCUT2D eigenvalue weighted by molar-refractivity contribution is 5.66. The first-order chi connectivity index (χ1) is 7.49. The lowest BCUT2D eigenvalue weighted by Gasteiger charge is -2.31.